The highest BCUT2D eigenvalue weighted by Crippen LogP contribution is 2.47. The van der Waals surface area contributed by atoms with Gasteiger partial charge >= 0.3 is 5.97 Å². The largest absolute Gasteiger partial charge is 0.606 e. The summed E-state index contributed by atoms with van der Waals surface area (Å²) < 4.78 is 29.5. The number of hydrogen-bond donors (Lipinski definition) is 1. The van der Waals surface area contributed by atoms with Crippen LogP contribution in [0.2, 0.25) is 10.0 Å². The number of aliphatic hydroxyl groups is 1. The van der Waals surface area contributed by atoms with E-state index in [1.807, 2.05) is 0 Å². The van der Waals surface area contributed by atoms with E-state index in [2.05, 4.69) is 0 Å². The quantitative estimate of drug-likeness (QED) is 0.340. The summed E-state index contributed by atoms with van der Waals surface area (Å²) >= 11 is 10.7. The Balaban J connectivity index is 2.35. The van der Waals surface area contributed by atoms with Gasteiger partial charge in [-0.2, -0.15) is 0 Å². The molecule has 152 valence electrons. The fourth-order valence-electron chi connectivity index (χ4n) is 2.86. The second-order valence-corrected chi connectivity index (χ2v) is 7.95. The van der Waals surface area contributed by atoms with Gasteiger partial charge in [-0.1, -0.05) is 41.4 Å². The summed E-state index contributed by atoms with van der Waals surface area (Å²) in [6, 6.07) is 11.5. The molecule has 0 aromatic heterocycles. The minimum atomic E-state index is -1.80. The van der Waals surface area contributed by atoms with Crippen molar-refractivity contribution in [3.8, 4) is 17.2 Å². The normalized spacial score (nSPS) is 11.9. The molecule has 1 atom stereocenters. The minimum absolute atomic E-state index is 0.0203. The molecule has 3 rings (SSSR count). The number of fused-ring (bicyclic) bond motifs is 1. The number of carbonyl (C=O) groups is 1. The molecule has 6 nitrogen and oxygen atoms in total. The summed E-state index contributed by atoms with van der Waals surface area (Å²) in [7, 11) is 2.82. The maximum Gasteiger partial charge on any atom is 0.337 e. The van der Waals surface area contributed by atoms with Crippen LogP contribution in [0.25, 0.3) is 10.8 Å². The van der Waals surface area contributed by atoms with Crippen molar-refractivity contribution in [2.45, 2.75) is 9.79 Å². The number of aliphatic hydroxyl groups excluding tert-OH is 1. The van der Waals surface area contributed by atoms with Crippen molar-refractivity contribution in [1.82, 2.24) is 0 Å². The molecule has 0 amide bonds. The number of halogens is 2. The van der Waals surface area contributed by atoms with Crippen molar-refractivity contribution >= 4 is 51.1 Å². The number of ether oxygens (including phenoxy) is 3. The molecule has 3 aromatic rings. The number of carbonyl (C=O) groups excluding carboxylic acids is 1. The summed E-state index contributed by atoms with van der Waals surface area (Å²) in [5.41, 5.74) is 0. The van der Waals surface area contributed by atoms with Gasteiger partial charge in [0.05, 0.1) is 29.7 Å². The van der Waals surface area contributed by atoms with E-state index in [-0.39, 0.29) is 26.4 Å². The molecule has 3 aromatic carbocycles. The molecule has 0 spiro atoms. The average molecular weight is 455 g/mol. The predicted octanol–water partition coefficient (Wildman–Crippen LogP) is 4.23. The molecular weight excluding hydrogens is 439 g/mol. The lowest BCUT2D eigenvalue weighted by atomic mass is 10.1. The third kappa shape index (κ3) is 4.10. The zero-order valence-electron chi connectivity index (χ0n) is 15.4. The first-order chi connectivity index (χ1) is 13.9. The molecule has 0 aliphatic carbocycles. The first kappa shape index (κ1) is 21.5. The van der Waals surface area contributed by atoms with Crippen molar-refractivity contribution in [2.75, 3.05) is 20.8 Å². The van der Waals surface area contributed by atoms with Crippen LogP contribution in [0.1, 0.15) is 0 Å². The Hall–Kier alpha value is -2.16. The number of esters is 1. The lowest BCUT2D eigenvalue weighted by Gasteiger charge is -2.19. The fraction of sp³-hybridized carbons (Fsp3) is 0.150. The lowest BCUT2D eigenvalue weighted by molar-refractivity contribution is -0.137. The van der Waals surface area contributed by atoms with E-state index in [9.17, 15) is 9.35 Å². The third-order valence-electron chi connectivity index (χ3n) is 4.08. The van der Waals surface area contributed by atoms with Crippen LogP contribution in [0.4, 0.5) is 0 Å². The Morgan fingerprint density at radius 3 is 2.31 bits per heavy atom. The average Bonchev–Trinajstić information content (AvgIpc) is 2.72. The first-order valence-corrected chi connectivity index (χ1v) is 10.2. The third-order valence-corrected chi connectivity index (χ3v) is 6.48. The number of benzene rings is 3. The van der Waals surface area contributed by atoms with E-state index >= 15 is 0 Å². The van der Waals surface area contributed by atoms with Crippen molar-refractivity contribution < 1.29 is 28.7 Å². The minimum Gasteiger partial charge on any atom is -0.606 e. The van der Waals surface area contributed by atoms with Crippen LogP contribution in [-0.2, 0) is 16.0 Å². The van der Waals surface area contributed by atoms with Crippen LogP contribution in [0.3, 0.4) is 0 Å². The van der Waals surface area contributed by atoms with Crippen LogP contribution in [0, 0.1) is 0 Å². The number of rotatable bonds is 6. The van der Waals surface area contributed by atoms with Gasteiger partial charge < -0.3 is 23.9 Å². The molecule has 0 saturated carbocycles. The van der Waals surface area contributed by atoms with Gasteiger partial charge in [-0.05, 0) is 29.7 Å². The molecule has 0 fully saturated rings. The second kappa shape index (κ2) is 9.11. The van der Waals surface area contributed by atoms with Crippen LogP contribution in [-0.4, -0.2) is 36.5 Å². The molecule has 0 bridgehead atoms. The Morgan fingerprint density at radius 2 is 1.72 bits per heavy atom. The SMILES string of the molecule is COc1cc2cccc([S+]([O-])c3c(Cl)cccc3Cl)c2c(OC(=O)CO)c1OC. The van der Waals surface area contributed by atoms with Crippen LogP contribution < -0.4 is 14.2 Å². The molecule has 1 N–H and O–H groups in total. The van der Waals surface area contributed by atoms with Crippen molar-refractivity contribution in [1.29, 1.82) is 0 Å². The van der Waals surface area contributed by atoms with Crippen LogP contribution in [0.5, 0.6) is 17.2 Å². The molecule has 29 heavy (non-hydrogen) atoms. The van der Waals surface area contributed by atoms with E-state index < -0.39 is 23.8 Å². The Labute approximate surface area is 180 Å². The lowest BCUT2D eigenvalue weighted by Crippen LogP contribution is -2.14. The number of methoxy groups -OCH3 is 2. The number of hydrogen-bond acceptors (Lipinski definition) is 6. The summed E-state index contributed by atoms with van der Waals surface area (Å²) in [5.74, 6) is -0.502. The Bertz CT molecular complexity index is 1050. The standard InChI is InChI=1S/C20H16Cl2O6S/c1-26-14-9-11-5-3-8-15(29(25)20-12(21)6-4-7-13(20)22)17(11)19(18(14)27-2)28-16(24)10-23/h3-9,23H,10H2,1-2H3. The van der Waals surface area contributed by atoms with Gasteiger partial charge in [-0.15, -0.1) is 0 Å². The van der Waals surface area contributed by atoms with E-state index in [1.54, 1.807) is 42.5 Å². The highest BCUT2D eigenvalue weighted by molar-refractivity contribution is 7.92. The topological polar surface area (TPSA) is 88.0 Å². The van der Waals surface area contributed by atoms with E-state index in [4.69, 9.17) is 42.5 Å². The summed E-state index contributed by atoms with van der Waals surface area (Å²) in [5, 5.41) is 10.6. The fourth-order valence-corrected chi connectivity index (χ4v) is 4.98. The van der Waals surface area contributed by atoms with Crippen molar-refractivity contribution in [3.63, 3.8) is 0 Å². The van der Waals surface area contributed by atoms with Gasteiger partial charge in [0.2, 0.25) is 5.75 Å². The Morgan fingerprint density at radius 1 is 1.07 bits per heavy atom. The zero-order valence-corrected chi connectivity index (χ0v) is 17.7. The van der Waals surface area contributed by atoms with Gasteiger partial charge in [0.15, 0.2) is 21.3 Å². The van der Waals surface area contributed by atoms with Gasteiger partial charge in [-0.3, -0.25) is 0 Å². The monoisotopic (exact) mass is 454 g/mol. The second-order valence-electron chi connectivity index (χ2n) is 5.75. The van der Waals surface area contributed by atoms with E-state index in [0.717, 1.165) is 0 Å². The summed E-state index contributed by atoms with van der Waals surface area (Å²) in [6.07, 6.45) is 0. The van der Waals surface area contributed by atoms with Gasteiger partial charge in [0, 0.05) is 11.2 Å². The summed E-state index contributed by atoms with van der Waals surface area (Å²) in [6.45, 7) is -0.844. The van der Waals surface area contributed by atoms with Crippen LogP contribution >= 0.6 is 23.2 Å². The zero-order chi connectivity index (χ0) is 21.1. The molecule has 0 heterocycles. The highest BCUT2D eigenvalue weighted by atomic mass is 35.5. The van der Waals surface area contributed by atoms with Crippen molar-refractivity contribution in [2.24, 2.45) is 0 Å². The van der Waals surface area contributed by atoms with Gasteiger partial charge in [-0.25, -0.2) is 4.79 Å². The summed E-state index contributed by atoms with van der Waals surface area (Å²) in [4.78, 5) is 12.4. The molecule has 0 aliphatic rings. The molecular formula is C20H16Cl2O6S. The highest BCUT2D eigenvalue weighted by Gasteiger charge is 2.29. The predicted molar refractivity (Wildman–Crippen MR) is 111 cm³/mol. The van der Waals surface area contributed by atoms with Crippen molar-refractivity contribution in [3.05, 3.63) is 52.5 Å². The Kier molecular flexibility index (Phi) is 6.77. The molecule has 1 unspecified atom stereocenters. The first-order valence-electron chi connectivity index (χ1n) is 8.28. The van der Waals surface area contributed by atoms with E-state index in [0.29, 0.717) is 21.4 Å². The van der Waals surface area contributed by atoms with Gasteiger partial charge in [0.1, 0.15) is 6.61 Å². The van der Waals surface area contributed by atoms with E-state index in [1.165, 1.54) is 14.2 Å². The maximum atomic E-state index is 13.4. The molecule has 0 aliphatic heterocycles. The van der Waals surface area contributed by atoms with Gasteiger partial charge in [0.25, 0.3) is 0 Å². The molecule has 0 radical (unpaired) electrons. The van der Waals surface area contributed by atoms with Crippen LogP contribution in [0.15, 0.2) is 52.3 Å². The molecule has 9 heteroatoms. The molecule has 0 saturated heterocycles. The maximum absolute atomic E-state index is 13.4. The smallest absolute Gasteiger partial charge is 0.337 e.